The van der Waals surface area contributed by atoms with E-state index in [1.807, 2.05) is 6.07 Å². The summed E-state index contributed by atoms with van der Waals surface area (Å²) < 4.78 is 16.3. The Bertz CT molecular complexity index is 719. The summed E-state index contributed by atoms with van der Waals surface area (Å²) in [6, 6.07) is 4.98. The third kappa shape index (κ3) is 3.31. The highest BCUT2D eigenvalue weighted by Crippen LogP contribution is 2.36. The molecule has 2 N–H and O–H groups in total. The highest BCUT2D eigenvalue weighted by Gasteiger charge is 2.37. The molecule has 0 saturated carbocycles. The molecule has 134 valence electrons. The Morgan fingerprint density at radius 2 is 2.20 bits per heavy atom. The summed E-state index contributed by atoms with van der Waals surface area (Å²) >= 11 is 0. The molecule has 2 atom stereocenters. The van der Waals surface area contributed by atoms with Gasteiger partial charge in [0.25, 0.3) is 5.91 Å². The number of ether oxygens (including phenoxy) is 3. The van der Waals surface area contributed by atoms with Crippen LogP contribution in [-0.2, 0) is 4.74 Å². The van der Waals surface area contributed by atoms with Gasteiger partial charge in [0.2, 0.25) is 0 Å². The van der Waals surface area contributed by atoms with Gasteiger partial charge in [-0.3, -0.25) is 9.89 Å². The van der Waals surface area contributed by atoms with Crippen LogP contribution < -0.4 is 9.47 Å². The first-order valence-electron chi connectivity index (χ1n) is 7.93. The fourth-order valence-electron chi connectivity index (χ4n) is 3.08. The van der Waals surface area contributed by atoms with E-state index in [0.29, 0.717) is 30.2 Å². The Morgan fingerprint density at radius 1 is 1.40 bits per heavy atom. The maximum absolute atomic E-state index is 12.9. The van der Waals surface area contributed by atoms with E-state index in [9.17, 15) is 9.90 Å². The maximum Gasteiger partial charge on any atom is 0.257 e. The molecule has 3 rings (SSSR count). The van der Waals surface area contributed by atoms with E-state index in [2.05, 4.69) is 10.2 Å². The predicted molar refractivity (Wildman–Crippen MR) is 88.7 cm³/mol. The average molecular weight is 347 g/mol. The zero-order valence-corrected chi connectivity index (χ0v) is 14.1. The zero-order valence-electron chi connectivity index (χ0n) is 14.1. The lowest BCUT2D eigenvalue weighted by Gasteiger charge is -2.40. The number of methoxy groups -OCH3 is 2. The van der Waals surface area contributed by atoms with Gasteiger partial charge in [0.15, 0.2) is 11.5 Å². The third-order valence-electron chi connectivity index (χ3n) is 4.29. The fourth-order valence-corrected chi connectivity index (χ4v) is 3.08. The van der Waals surface area contributed by atoms with E-state index in [1.54, 1.807) is 37.4 Å². The number of aromatic nitrogens is 2. The van der Waals surface area contributed by atoms with Gasteiger partial charge in [-0.05, 0) is 17.7 Å². The van der Waals surface area contributed by atoms with Crippen LogP contribution >= 0.6 is 0 Å². The van der Waals surface area contributed by atoms with E-state index < -0.39 is 12.1 Å². The minimum Gasteiger partial charge on any atom is -0.493 e. The summed E-state index contributed by atoms with van der Waals surface area (Å²) in [5, 5.41) is 16.2. The van der Waals surface area contributed by atoms with Crippen LogP contribution in [0.5, 0.6) is 11.5 Å². The van der Waals surface area contributed by atoms with Crippen molar-refractivity contribution in [3.8, 4) is 11.5 Å². The number of benzene rings is 1. The predicted octanol–water partition coefficient (Wildman–Crippen LogP) is 1.00. The molecule has 1 fully saturated rings. The number of rotatable bonds is 5. The SMILES string of the molecule is COc1ccc([C@H]2[C@H](CO)OCCN2C(=O)c2cn[nH]c2)cc1OC. The van der Waals surface area contributed by atoms with Crippen LogP contribution in [0.15, 0.2) is 30.6 Å². The first kappa shape index (κ1) is 17.2. The normalized spacial score (nSPS) is 20.4. The minimum atomic E-state index is -0.525. The number of morpholine rings is 1. The number of amides is 1. The summed E-state index contributed by atoms with van der Waals surface area (Å²) in [6.07, 6.45) is 2.51. The second-order valence-electron chi connectivity index (χ2n) is 5.64. The highest BCUT2D eigenvalue weighted by molar-refractivity contribution is 5.94. The summed E-state index contributed by atoms with van der Waals surface area (Å²) in [5.41, 5.74) is 1.26. The standard InChI is InChI=1S/C17H21N3O5/c1-23-13-4-3-11(7-14(13)24-2)16-15(10-21)25-6-5-20(16)17(22)12-8-18-19-9-12/h3-4,7-9,15-16,21H,5-6,10H2,1-2H3,(H,18,19)/t15-,16-/m0/s1. The van der Waals surface area contributed by atoms with Gasteiger partial charge in [-0.1, -0.05) is 6.07 Å². The van der Waals surface area contributed by atoms with Crippen LogP contribution in [0.2, 0.25) is 0 Å². The van der Waals surface area contributed by atoms with Crippen molar-refractivity contribution in [3.05, 3.63) is 41.7 Å². The third-order valence-corrected chi connectivity index (χ3v) is 4.29. The zero-order chi connectivity index (χ0) is 17.8. The Morgan fingerprint density at radius 3 is 2.84 bits per heavy atom. The van der Waals surface area contributed by atoms with Gasteiger partial charge in [0.1, 0.15) is 6.10 Å². The summed E-state index contributed by atoms with van der Waals surface area (Å²) in [7, 11) is 3.11. The fraction of sp³-hybridized carbons (Fsp3) is 0.412. The van der Waals surface area contributed by atoms with Crippen molar-refractivity contribution in [2.75, 3.05) is 34.0 Å². The second-order valence-corrected chi connectivity index (χ2v) is 5.64. The van der Waals surface area contributed by atoms with Crippen molar-refractivity contribution < 1.29 is 24.1 Å². The quantitative estimate of drug-likeness (QED) is 0.838. The lowest BCUT2D eigenvalue weighted by Crippen LogP contribution is -2.49. The molecule has 1 aromatic heterocycles. The molecule has 1 aliphatic heterocycles. The lowest BCUT2D eigenvalue weighted by atomic mass is 9.97. The van der Waals surface area contributed by atoms with Gasteiger partial charge in [-0.2, -0.15) is 5.10 Å². The highest BCUT2D eigenvalue weighted by atomic mass is 16.5. The van der Waals surface area contributed by atoms with E-state index in [1.165, 1.54) is 6.20 Å². The monoisotopic (exact) mass is 347 g/mol. The molecule has 1 aromatic carbocycles. The molecule has 2 heterocycles. The number of aromatic amines is 1. The summed E-state index contributed by atoms with van der Waals surface area (Å²) in [4.78, 5) is 14.5. The van der Waals surface area contributed by atoms with Crippen LogP contribution in [0.1, 0.15) is 22.0 Å². The first-order chi connectivity index (χ1) is 12.2. The van der Waals surface area contributed by atoms with Gasteiger partial charge in [-0.15, -0.1) is 0 Å². The average Bonchev–Trinajstić information content (AvgIpc) is 3.20. The second kappa shape index (κ2) is 7.54. The maximum atomic E-state index is 12.9. The van der Waals surface area contributed by atoms with E-state index in [-0.39, 0.29) is 12.5 Å². The largest absolute Gasteiger partial charge is 0.493 e. The molecule has 8 nitrogen and oxygen atoms in total. The van der Waals surface area contributed by atoms with Gasteiger partial charge in [0.05, 0.1) is 45.2 Å². The number of carbonyl (C=O) groups excluding carboxylic acids is 1. The molecular formula is C17H21N3O5. The molecule has 25 heavy (non-hydrogen) atoms. The number of carbonyl (C=O) groups is 1. The Balaban J connectivity index is 1.99. The number of hydrogen-bond acceptors (Lipinski definition) is 6. The number of aliphatic hydroxyl groups is 1. The number of hydrogen-bond donors (Lipinski definition) is 2. The molecule has 1 saturated heterocycles. The molecule has 8 heteroatoms. The first-order valence-corrected chi connectivity index (χ1v) is 7.93. The molecule has 1 amide bonds. The van der Waals surface area contributed by atoms with Crippen LogP contribution in [-0.4, -0.2) is 66.2 Å². The smallest absolute Gasteiger partial charge is 0.257 e. The van der Waals surface area contributed by atoms with Crippen LogP contribution in [0, 0.1) is 0 Å². The van der Waals surface area contributed by atoms with Gasteiger partial charge in [-0.25, -0.2) is 0 Å². The summed E-state index contributed by atoms with van der Waals surface area (Å²) in [6.45, 7) is 0.576. The van der Waals surface area contributed by atoms with Gasteiger partial charge in [0, 0.05) is 12.7 Å². The number of aliphatic hydroxyl groups excluding tert-OH is 1. The van der Waals surface area contributed by atoms with Crippen LogP contribution in [0.3, 0.4) is 0 Å². The minimum absolute atomic E-state index is 0.171. The van der Waals surface area contributed by atoms with E-state index in [4.69, 9.17) is 14.2 Å². The van der Waals surface area contributed by atoms with Crippen molar-refractivity contribution in [1.29, 1.82) is 0 Å². The van der Waals surface area contributed by atoms with Gasteiger partial charge < -0.3 is 24.2 Å². The molecule has 0 unspecified atom stereocenters. The van der Waals surface area contributed by atoms with Crippen molar-refractivity contribution in [3.63, 3.8) is 0 Å². The Kier molecular flexibility index (Phi) is 5.20. The molecule has 0 spiro atoms. The molecular weight excluding hydrogens is 326 g/mol. The molecule has 2 aromatic rings. The van der Waals surface area contributed by atoms with Crippen LogP contribution in [0.25, 0.3) is 0 Å². The van der Waals surface area contributed by atoms with Crippen LogP contribution in [0.4, 0.5) is 0 Å². The molecule has 0 aliphatic carbocycles. The van der Waals surface area contributed by atoms with Crippen molar-refractivity contribution in [2.24, 2.45) is 0 Å². The van der Waals surface area contributed by atoms with Crippen molar-refractivity contribution >= 4 is 5.91 Å². The topological polar surface area (TPSA) is 96.9 Å². The number of nitrogens with one attached hydrogen (secondary N) is 1. The number of H-pyrrole nitrogens is 1. The summed E-state index contributed by atoms with van der Waals surface area (Å²) in [5.74, 6) is 0.976. The Labute approximate surface area is 145 Å². The van der Waals surface area contributed by atoms with E-state index in [0.717, 1.165) is 5.56 Å². The van der Waals surface area contributed by atoms with Crippen molar-refractivity contribution in [2.45, 2.75) is 12.1 Å². The molecule has 1 aliphatic rings. The number of nitrogens with zero attached hydrogens (tertiary/aromatic N) is 2. The van der Waals surface area contributed by atoms with E-state index >= 15 is 0 Å². The molecule has 0 radical (unpaired) electrons. The molecule has 0 bridgehead atoms. The van der Waals surface area contributed by atoms with Gasteiger partial charge >= 0.3 is 0 Å². The lowest BCUT2D eigenvalue weighted by molar-refractivity contribution is -0.0811. The Hall–Kier alpha value is -2.58. The van der Waals surface area contributed by atoms with Crippen molar-refractivity contribution in [1.82, 2.24) is 15.1 Å².